The highest BCUT2D eigenvalue weighted by molar-refractivity contribution is 5.74. The highest BCUT2D eigenvalue weighted by Gasteiger charge is 2.57. The van der Waals surface area contributed by atoms with Gasteiger partial charge in [0.25, 0.3) is 0 Å². The van der Waals surface area contributed by atoms with Crippen LogP contribution in [0.2, 0.25) is 0 Å². The number of hydrogen-bond donors (Lipinski definition) is 20. The summed E-state index contributed by atoms with van der Waals surface area (Å²) in [7, 11) is 0. The van der Waals surface area contributed by atoms with Gasteiger partial charge in [-0.25, -0.2) is 0 Å². The number of carbonyl (C=O) groups is 3. The van der Waals surface area contributed by atoms with Crippen LogP contribution in [0.25, 0.3) is 0 Å². The van der Waals surface area contributed by atoms with Crippen LogP contribution in [0.5, 0.6) is 0 Å². The van der Waals surface area contributed by atoms with E-state index in [4.69, 9.17) is 47.4 Å². The molecule has 33 heteroatoms. The van der Waals surface area contributed by atoms with Crippen LogP contribution >= 0.6 is 0 Å². The van der Waals surface area contributed by atoms with Crippen molar-refractivity contribution in [3.05, 3.63) is 0 Å². The van der Waals surface area contributed by atoms with E-state index in [-0.39, 0.29) is 0 Å². The molecule has 0 bridgehead atoms. The van der Waals surface area contributed by atoms with E-state index in [0.29, 0.717) is 0 Å². The van der Waals surface area contributed by atoms with E-state index in [1.165, 1.54) is 6.92 Å². The lowest BCUT2D eigenvalue weighted by atomic mass is 9.94. The van der Waals surface area contributed by atoms with Crippen molar-refractivity contribution in [1.82, 2.24) is 16.0 Å². The zero-order chi connectivity index (χ0) is 55.9. The number of amides is 3. The third kappa shape index (κ3) is 14.8. The number of aliphatic hydroxyl groups is 17. The Morgan fingerprint density at radius 1 is 0.480 bits per heavy atom. The summed E-state index contributed by atoms with van der Waals surface area (Å²) >= 11 is 0. The summed E-state index contributed by atoms with van der Waals surface area (Å²) in [5.74, 6) is -2.56. The Morgan fingerprint density at radius 2 is 0.893 bits per heavy atom. The van der Waals surface area contributed by atoms with Crippen molar-refractivity contribution in [2.75, 3.05) is 39.6 Å². The summed E-state index contributed by atoms with van der Waals surface area (Å²) in [5, 5.41) is 188. The van der Waals surface area contributed by atoms with Crippen molar-refractivity contribution in [3.8, 4) is 0 Å². The van der Waals surface area contributed by atoms with E-state index in [2.05, 4.69) is 16.0 Å². The van der Waals surface area contributed by atoms with Gasteiger partial charge < -0.3 is 150 Å². The lowest BCUT2D eigenvalue weighted by molar-refractivity contribution is -0.374. The van der Waals surface area contributed by atoms with Gasteiger partial charge in [-0.3, -0.25) is 14.4 Å². The summed E-state index contributed by atoms with van der Waals surface area (Å²) in [6.07, 6.45) is -48.9. The molecule has 5 fully saturated rings. The molecule has 436 valence electrons. The predicted molar refractivity (Wildman–Crippen MR) is 235 cm³/mol. The van der Waals surface area contributed by atoms with Gasteiger partial charge in [-0.1, -0.05) is 0 Å². The van der Waals surface area contributed by atoms with Crippen molar-refractivity contribution < 1.29 is 149 Å². The molecule has 3 amide bonds. The zero-order valence-corrected chi connectivity index (χ0v) is 40.9. The van der Waals surface area contributed by atoms with Gasteiger partial charge in [-0.15, -0.1) is 0 Å². The van der Waals surface area contributed by atoms with E-state index in [1.807, 2.05) is 0 Å². The predicted octanol–water partition coefficient (Wildman–Crippen LogP) is -13.0. The first-order valence-electron chi connectivity index (χ1n) is 23.9. The monoisotopic (exact) mass is 1100 g/mol. The molecule has 33 nitrogen and oxygen atoms in total. The third-order valence-corrected chi connectivity index (χ3v) is 13.2. The fourth-order valence-electron chi connectivity index (χ4n) is 9.16. The highest BCUT2D eigenvalue weighted by Crippen LogP contribution is 2.35. The molecule has 5 aliphatic rings. The van der Waals surface area contributed by atoms with Crippen molar-refractivity contribution in [1.29, 1.82) is 0 Å². The van der Waals surface area contributed by atoms with Gasteiger partial charge >= 0.3 is 0 Å². The summed E-state index contributed by atoms with van der Waals surface area (Å²) < 4.78 is 58.2. The van der Waals surface area contributed by atoms with Gasteiger partial charge in [0, 0.05) is 20.8 Å². The van der Waals surface area contributed by atoms with E-state index in [9.17, 15) is 101 Å². The Balaban J connectivity index is 1.47. The summed E-state index contributed by atoms with van der Waals surface area (Å²) in [5.41, 5.74) is 0. The van der Waals surface area contributed by atoms with Crippen LogP contribution in [0, 0.1) is 0 Å². The van der Waals surface area contributed by atoms with Gasteiger partial charge in [0.2, 0.25) is 17.7 Å². The average Bonchev–Trinajstić information content (AvgIpc) is 3.37. The number of hydrogen-bond acceptors (Lipinski definition) is 30. The molecular weight excluding hydrogens is 1030 g/mol. The number of nitrogens with one attached hydrogen (secondary N) is 3. The topological polar surface area (TPSA) is 524 Å². The van der Waals surface area contributed by atoms with Crippen LogP contribution in [-0.2, 0) is 61.8 Å². The minimum absolute atomic E-state index is 0.838. The second-order valence-electron chi connectivity index (χ2n) is 18.8. The SMILES string of the molecule is CC(=O)N[C@H]1[C@H](OC[C@@H](O)[C@H](O)[C@H](O[C@@H]2O[C@H](CO)[C@@H](O)[C@H](O[C@@H]3O[C@H](CO)[C@H](O)[C@H](O)[C@H]3O)[C@H]2NC(C)=O)[C@H](CO)NC(C)=O)O[C@H](CO)[C@@H](O[C@@H]2O[C@H](CO)[C@H](O)[C@H](O)[C@H]2O)[C@@H]1O[C@@H]1O[C@@H](C)[C@@H](O)[C@@H](O)[C@@H]1O. The number of aliphatic hydroxyl groups excluding tert-OH is 17. The Labute approximate surface area is 426 Å². The minimum atomic E-state index is -2.34. The molecule has 0 aromatic carbocycles. The molecule has 29 atom stereocenters. The first kappa shape index (κ1) is 63.2. The number of ether oxygens (including phenoxy) is 10. The Hall–Kier alpha value is -2.67. The molecule has 0 spiro atoms. The number of carbonyl (C=O) groups excluding carboxylic acids is 3. The quantitative estimate of drug-likeness (QED) is 0.0479. The maximum absolute atomic E-state index is 12.9. The maximum atomic E-state index is 12.9. The average molecular weight is 1100 g/mol. The summed E-state index contributed by atoms with van der Waals surface area (Å²) in [6, 6.07) is -5.22. The molecule has 0 aromatic rings. The van der Waals surface area contributed by atoms with Crippen LogP contribution < -0.4 is 16.0 Å². The molecule has 5 saturated heterocycles. The first-order valence-corrected chi connectivity index (χ1v) is 23.9. The van der Waals surface area contributed by atoms with Crippen molar-refractivity contribution in [2.24, 2.45) is 0 Å². The van der Waals surface area contributed by atoms with Gasteiger partial charge in [-0.05, 0) is 6.92 Å². The Morgan fingerprint density at radius 3 is 1.36 bits per heavy atom. The van der Waals surface area contributed by atoms with Gasteiger partial charge in [-0.2, -0.15) is 0 Å². The smallest absolute Gasteiger partial charge is 0.217 e. The minimum Gasteiger partial charge on any atom is -0.394 e. The van der Waals surface area contributed by atoms with E-state index >= 15 is 0 Å². The standard InChI is InChI=1S/C42H73N3O30/c1-11-23(55)28(60)31(63)40(67-11)75-37-22(45-14(4)53)38(71-20(9-50)35(37)73-41-32(64)29(61)25(57)17(6-47)69-41)66-10-16(54)24(56)34(15(5-46)43-12(2)51)72-39-21(44-13(3)52)36(27(59)19(8-49)68-39)74-42-33(65)30(62)26(58)18(7-48)70-42/h11,15-42,46-50,54-65H,5-10H2,1-4H3,(H,43,51)(H,44,52)(H,45,53)/t11-,15-,16+,17+,18+,19+,20+,21+,22+,23+,24-,25-,26-,27+,28+,29-,30-,31-,32+,33+,34+,35+,36+,37+,38+,39-,40-,41-,42-/m0/s1. The summed E-state index contributed by atoms with van der Waals surface area (Å²) in [6.45, 7) is -1.71. The molecule has 0 unspecified atom stereocenters. The van der Waals surface area contributed by atoms with Crippen LogP contribution in [0.3, 0.4) is 0 Å². The normalized spacial score (nSPS) is 44.2. The molecule has 0 aromatic heterocycles. The van der Waals surface area contributed by atoms with Gasteiger partial charge in [0.1, 0.15) is 134 Å². The van der Waals surface area contributed by atoms with Crippen molar-refractivity contribution in [2.45, 2.75) is 205 Å². The lowest BCUT2D eigenvalue weighted by Gasteiger charge is -2.50. The Bertz CT molecular complexity index is 1800. The third-order valence-electron chi connectivity index (χ3n) is 13.2. The highest BCUT2D eigenvalue weighted by atomic mass is 16.8. The van der Waals surface area contributed by atoms with Crippen LogP contribution in [0.4, 0.5) is 0 Å². The maximum Gasteiger partial charge on any atom is 0.217 e. The van der Waals surface area contributed by atoms with E-state index in [0.717, 1.165) is 20.8 Å². The molecule has 0 radical (unpaired) electrons. The second kappa shape index (κ2) is 28.0. The first-order chi connectivity index (χ1) is 35.3. The van der Waals surface area contributed by atoms with Gasteiger partial charge in [0.15, 0.2) is 31.5 Å². The zero-order valence-electron chi connectivity index (χ0n) is 40.9. The van der Waals surface area contributed by atoms with Crippen LogP contribution in [0.1, 0.15) is 27.7 Å². The van der Waals surface area contributed by atoms with Crippen LogP contribution in [0.15, 0.2) is 0 Å². The molecule has 5 rings (SSSR count). The molecular formula is C42H73N3O30. The lowest BCUT2D eigenvalue weighted by Crippen LogP contribution is -2.70. The molecule has 0 aliphatic carbocycles. The fraction of sp³-hybridized carbons (Fsp3) is 0.929. The fourth-order valence-corrected chi connectivity index (χ4v) is 9.16. The molecule has 0 saturated carbocycles. The number of rotatable bonds is 22. The van der Waals surface area contributed by atoms with Crippen molar-refractivity contribution in [3.63, 3.8) is 0 Å². The van der Waals surface area contributed by atoms with E-state index in [1.54, 1.807) is 0 Å². The summed E-state index contributed by atoms with van der Waals surface area (Å²) in [4.78, 5) is 38.0. The van der Waals surface area contributed by atoms with E-state index < -0.39 is 235 Å². The molecule has 5 aliphatic heterocycles. The molecule has 75 heavy (non-hydrogen) atoms. The van der Waals surface area contributed by atoms with Gasteiger partial charge in [0.05, 0.1) is 51.8 Å². The second-order valence-corrected chi connectivity index (χ2v) is 18.8. The molecule has 5 heterocycles. The molecule has 20 N–H and O–H groups in total. The largest absolute Gasteiger partial charge is 0.394 e. The van der Waals surface area contributed by atoms with Crippen LogP contribution in [-0.4, -0.2) is 322 Å². The Kier molecular flexibility index (Phi) is 23.5. The van der Waals surface area contributed by atoms with Crippen molar-refractivity contribution >= 4 is 17.7 Å².